The van der Waals surface area contributed by atoms with Gasteiger partial charge in [-0.2, -0.15) is 0 Å². The predicted molar refractivity (Wildman–Crippen MR) is 58.3 cm³/mol. The Morgan fingerprint density at radius 2 is 1.92 bits per heavy atom. The molecule has 0 bridgehead atoms. The number of amides is 1. The van der Waals surface area contributed by atoms with Gasteiger partial charge in [-0.15, -0.1) is 0 Å². The first-order valence-electron chi connectivity index (χ1n) is 4.43. The lowest BCUT2D eigenvalue weighted by molar-refractivity contribution is -0.118. The number of carbonyl (C=O) groups is 1. The van der Waals surface area contributed by atoms with Gasteiger partial charge in [0.25, 0.3) is 0 Å². The van der Waals surface area contributed by atoms with Crippen LogP contribution in [-0.4, -0.2) is 5.91 Å². The van der Waals surface area contributed by atoms with Crippen molar-refractivity contribution in [3.05, 3.63) is 36.6 Å². The summed E-state index contributed by atoms with van der Waals surface area (Å²) in [6.07, 6.45) is 7.03. The van der Waals surface area contributed by atoms with Crippen molar-refractivity contribution in [1.29, 1.82) is 0 Å². The van der Waals surface area contributed by atoms with Crippen molar-refractivity contribution < 1.29 is 4.79 Å². The van der Waals surface area contributed by atoms with Crippen LogP contribution in [0.1, 0.15) is 27.7 Å². The van der Waals surface area contributed by atoms with E-state index in [4.69, 9.17) is 0 Å². The lowest BCUT2D eigenvalue weighted by Crippen LogP contribution is -2.17. The van der Waals surface area contributed by atoms with Crippen LogP contribution < -0.4 is 5.32 Å². The van der Waals surface area contributed by atoms with Gasteiger partial charge < -0.3 is 5.32 Å². The summed E-state index contributed by atoms with van der Waals surface area (Å²) >= 11 is 0. The minimum absolute atomic E-state index is 0.0730. The Morgan fingerprint density at radius 3 is 2.23 bits per heavy atom. The van der Waals surface area contributed by atoms with Gasteiger partial charge in [0.1, 0.15) is 0 Å². The first-order valence-corrected chi connectivity index (χ1v) is 4.43. The maximum atomic E-state index is 10.6. The monoisotopic (exact) mass is 181 g/mol. The maximum Gasteiger partial charge on any atom is 0.221 e. The van der Waals surface area contributed by atoms with Crippen LogP contribution in [0.25, 0.3) is 0 Å². The summed E-state index contributed by atoms with van der Waals surface area (Å²) in [6, 6.07) is 0. The van der Waals surface area contributed by atoms with Gasteiger partial charge in [0.05, 0.1) is 0 Å². The van der Waals surface area contributed by atoms with Crippen LogP contribution in [-0.2, 0) is 4.79 Å². The van der Waals surface area contributed by atoms with Gasteiger partial charge in [-0.05, 0) is 19.1 Å². The molecule has 0 aromatic heterocycles. The van der Waals surface area contributed by atoms with E-state index in [9.17, 15) is 4.79 Å². The summed E-state index contributed by atoms with van der Waals surface area (Å²) in [6.45, 7) is 10.9. The Kier molecular flexibility index (Phi) is 11.7. The molecule has 0 aromatic rings. The summed E-state index contributed by atoms with van der Waals surface area (Å²) in [5, 5.41) is 2.65. The number of allylic oxidation sites excluding steroid dienone is 4. The summed E-state index contributed by atoms with van der Waals surface area (Å²) < 4.78 is 0. The van der Waals surface area contributed by atoms with E-state index in [1.165, 1.54) is 6.92 Å². The van der Waals surface area contributed by atoms with E-state index in [2.05, 4.69) is 11.9 Å². The Hall–Kier alpha value is -1.31. The molecule has 13 heavy (non-hydrogen) atoms. The minimum Gasteiger partial charge on any atom is -0.326 e. The zero-order valence-electron chi connectivity index (χ0n) is 8.92. The van der Waals surface area contributed by atoms with Crippen molar-refractivity contribution in [2.75, 3.05) is 0 Å². The van der Waals surface area contributed by atoms with E-state index >= 15 is 0 Å². The molecule has 0 aliphatic heterocycles. The average molecular weight is 181 g/mol. The first-order chi connectivity index (χ1) is 6.20. The van der Waals surface area contributed by atoms with Gasteiger partial charge in [-0.25, -0.2) is 0 Å². The minimum atomic E-state index is -0.0730. The molecule has 0 heterocycles. The largest absolute Gasteiger partial charge is 0.326 e. The molecule has 0 aliphatic carbocycles. The normalized spacial score (nSPS) is 10.3. The third-order valence-corrected chi connectivity index (χ3v) is 0.964. The lowest BCUT2D eigenvalue weighted by atomic mass is 10.3. The van der Waals surface area contributed by atoms with E-state index < -0.39 is 0 Å². The number of rotatable bonds is 3. The van der Waals surface area contributed by atoms with Crippen LogP contribution in [0.4, 0.5) is 0 Å². The van der Waals surface area contributed by atoms with E-state index in [0.29, 0.717) is 0 Å². The third-order valence-electron chi connectivity index (χ3n) is 0.964. The molecule has 0 spiro atoms. The van der Waals surface area contributed by atoms with Crippen molar-refractivity contribution in [3.8, 4) is 0 Å². The second-order valence-corrected chi connectivity index (χ2v) is 2.04. The molecule has 0 aliphatic rings. The zero-order chi connectivity index (χ0) is 10.7. The molecular formula is C11H19NO. The van der Waals surface area contributed by atoms with Crippen molar-refractivity contribution in [2.24, 2.45) is 0 Å². The van der Waals surface area contributed by atoms with Crippen molar-refractivity contribution in [2.45, 2.75) is 27.7 Å². The Bertz CT molecular complexity index is 202. The van der Waals surface area contributed by atoms with Crippen molar-refractivity contribution >= 4 is 5.91 Å². The smallest absolute Gasteiger partial charge is 0.221 e. The molecule has 0 radical (unpaired) electrons. The SMILES string of the molecule is C=C/C=C(\C=C/C)NC(C)=O.CC. The van der Waals surface area contributed by atoms with Crippen LogP contribution in [0.5, 0.6) is 0 Å². The predicted octanol–water partition coefficient (Wildman–Crippen LogP) is 2.79. The van der Waals surface area contributed by atoms with Gasteiger partial charge in [-0.1, -0.05) is 32.6 Å². The lowest BCUT2D eigenvalue weighted by Gasteiger charge is -1.99. The zero-order valence-corrected chi connectivity index (χ0v) is 8.92. The van der Waals surface area contributed by atoms with Crippen LogP contribution in [0.2, 0.25) is 0 Å². The molecule has 0 rings (SSSR count). The fraction of sp³-hybridized carbons (Fsp3) is 0.364. The average Bonchev–Trinajstić information content (AvgIpc) is 2.08. The summed E-state index contributed by atoms with van der Waals surface area (Å²) in [5.41, 5.74) is 0.759. The highest BCUT2D eigenvalue weighted by molar-refractivity contribution is 5.75. The molecule has 0 aromatic carbocycles. The molecule has 0 saturated heterocycles. The van der Waals surface area contributed by atoms with Gasteiger partial charge in [0.2, 0.25) is 5.91 Å². The Labute approximate surface area is 81.0 Å². The van der Waals surface area contributed by atoms with Crippen molar-refractivity contribution in [1.82, 2.24) is 5.32 Å². The van der Waals surface area contributed by atoms with Gasteiger partial charge in [0, 0.05) is 12.6 Å². The molecule has 1 amide bonds. The van der Waals surface area contributed by atoms with Gasteiger partial charge in [-0.3, -0.25) is 4.79 Å². The van der Waals surface area contributed by atoms with Crippen LogP contribution in [0, 0.1) is 0 Å². The van der Waals surface area contributed by atoms with Crippen LogP contribution in [0.3, 0.4) is 0 Å². The number of nitrogens with one attached hydrogen (secondary N) is 1. The molecule has 74 valence electrons. The Balaban J connectivity index is 0. The molecular weight excluding hydrogens is 162 g/mol. The molecule has 0 saturated carbocycles. The van der Waals surface area contributed by atoms with Crippen LogP contribution in [0.15, 0.2) is 36.6 Å². The quantitative estimate of drug-likeness (QED) is 0.666. The first kappa shape index (κ1) is 14.2. The number of hydrogen-bond donors (Lipinski definition) is 1. The second kappa shape index (κ2) is 10.7. The highest BCUT2D eigenvalue weighted by atomic mass is 16.1. The number of hydrogen-bond acceptors (Lipinski definition) is 1. The fourth-order valence-electron chi connectivity index (χ4n) is 0.649. The molecule has 2 nitrogen and oxygen atoms in total. The molecule has 0 unspecified atom stereocenters. The van der Waals surface area contributed by atoms with E-state index in [0.717, 1.165) is 5.70 Å². The molecule has 1 N–H and O–H groups in total. The molecule has 0 fully saturated rings. The van der Waals surface area contributed by atoms with Crippen molar-refractivity contribution in [3.63, 3.8) is 0 Å². The van der Waals surface area contributed by atoms with Gasteiger partial charge in [0.15, 0.2) is 0 Å². The summed E-state index contributed by atoms with van der Waals surface area (Å²) in [7, 11) is 0. The van der Waals surface area contributed by atoms with E-state index in [-0.39, 0.29) is 5.91 Å². The summed E-state index contributed by atoms with van der Waals surface area (Å²) in [4.78, 5) is 10.6. The number of carbonyl (C=O) groups excluding carboxylic acids is 1. The highest BCUT2D eigenvalue weighted by Gasteiger charge is 1.91. The van der Waals surface area contributed by atoms with Crippen LogP contribution >= 0.6 is 0 Å². The third kappa shape index (κ3) is 10.7. The fourth-order valence-corrected chi connectivity index (χ4v) is 0.649. The van der Waals surface area contributed by atoms with Gasteiger partial charge >= 0.3 is 0 Å². The topological polar surface area (TPSA) is 29.1 Å². The Morgan fingerprint density at radius 1 is 1.38 bits per heavy atom. The van der Waals surface area contributed by atoms with E-state index in [1.807, 2.05) is 32.9 Å². The highest BCUT2D eigenvalue weighted by Crippen LogP contribution is 1.91. The second-order valence-electron chi connectivity index (χ2n) is 2.04. The standard InChI is InChI=1S/C9H13NO.C2H6/c1-4-6-9(7-5-2)10-8(3)11;1-2/h4-7H,1H2,2-3H3,(H,10,11);1-2H3/b7-5-,9-6+;. The molecule has 2 heteroatoms. The summed E-state index contributed by atoms with van der Waals surface area (Å²) in [5.74, 6) is -0.0730. The maximum absolute atomic E-state index is 10.6. The molecule has 0 atom stereocenters. The van der Waals surface area contributed by atoms with E-state index in [1.54, 1.807) is 12.2 Å².